The van der Waals surface area contributed by atoms with E-state index in [0.29, 0.717) is 5.69 Å². The highest BCUT2D eigenvalue weighted by Crippen LogP contribution is 2.16. The maximum atomic E-state index is 11.5. The normalized spacial score (nSPS) is 13.3. The van der Waals surface area contributed by atoms with Crippen LogP contribution in [0.25, 0.3) is 0 Å². The van der Waals surface area contributed by atoms with E-state index in [0.717, 1.165) is 4.90 Å². The fourth-order valence-corrected chi connectivity index (χ4v) is 1.82. The van der Waals surface area contributed by atoms with Crippen molar-refractivity contribution >= 4 is 16.9 Å². The van der Waals surface area contributed by atoms with Gasteiger partial charge in [-0.3, -0.25) is 0 Å². The van der Waals surface area contributed by atoms with Gasteiger partial charge in [0.25, 0.3) is 0 Å². The quantitative estimate of drug-likeness (QED) is 0.561. The maximum Gasteiger partial charge on any atom is 0.153 e. The summed E-state index contributed by atoms with van der Waals surface area (Å²) in [6.45, 7) is 3.87. The van der Waals surface area contributed by atoms with E-state index in [1.165, 1.54) is 0 Å². The van der Waals surface area contributed by atoms with Crippen LogP contribution in [0.1, 0.15) is 13.8 Å². The second kappa shape index (κ2) is 3.83. The van der Waals surface area contributed by atoms with Crippen LogP contribution in [0.4, 0.5) is 5.69 Å². The molecule has 0 fully saturated rings. The Morgan fingerprint density at radius 1 is 1.25 bits per heavy atom. The SMILES string of the molecule is CC(C)[S+]([O-])c1ccc(N)cc1. The molecule has 0 aliphatic carbocycles. The minimum absolute atomic E-state index is 0.161. The molecule has 66 valence electrons. The first-order valence-electron chi connectivity index (χ1n) is 3.87. The van der Waals surface area contributed by atoms with Crippen LogP contribution in [0.2, 0.25) is 0 Å². The second-order valence-electron chi connectivity index (χ2n) is 2.92. The molecule has 12 heavy (non-hydrogen) atoms. The molecule has 2 nitrogen and oxygen atoms in total. The van der Waals surface area contributed by atoms with E-state index in [1.54, 1.807) is 12.1 Å². The molecule has 1 aromatic carbocycles. The second-order valence-corrected chi connectivity index (χ2v) is 4.92. The predicted molar refractivity (Wildman–Crippen MR) is 52.4 cm³/mol. The zero-order valence-corrected chi connectivity index (χ0v) is 8.10. The van der Waals surface area contributed by atoms with Gasteiger partial charge in [0.15, 0.2) is 4.90 Å². The summed E-state index contributed by atoms with van der Waals surface area (Å²) in [5, 5.41) is 0.161. The summed E-state index contributed by atoms with van der Waals surface area (Å²) in [6, 6.07) is 7.17. The Kier molecular flexibility index (Phi) is 3.00. The molecule has 0 aliphatic rings. The fourth-order valence-electron chi connectivity index (χ4n) is 0.874. The molecule has 0 aliphatic heterocycles. The average molecular weight is 183 g/mol. The van der Waals surface area contributed by atoms with Gasteiger partial charge in [-0.2, -0.15) is 0 Å². The van der Waals surface area contributed by atoms with Gasteiger partial charge in [0, 0.05) is 5.69 Å². The first kappa shape index (κ1) is 9.42. The lowest BCUT2D eigenvalue weighted by molar-refractivity contribution is 0.586. The Bertz CT molecular complexity index is 245. The zero-order chi connectivity index (χ0) is 9.14. The molecule has 0 saturated carbocycles. The summed E-state index contributed by atoms with van der Waals surface area (Å²) in [4.78, 5) is 0.846. The van der Waals surface area contributed by atoms with Gasteiger partial charge in [0.05, 0.1) is 0 Å². The van der Waals surface area contributed by atoms with Crippen LogP contribution in [0.3, 0.4) is 0 Å². The van der Waals surface area contributed by atoms with E-state index < -0.39 is 11.2 Å². The largest absolute Gasteiger partial charge is 0.611 e. The molecule has 0 heterocycles. The summed E-state index contributed by atoms with van der Waals surface area (Å²) in [7, 11) is 0. The highest BCUT2D eigenvalue weighted by Gasteiger charge is 2.14. The zero-order valence-electron chi connectivity index (χ0n) is 7.28. The van der Waals surface area contributed by atoms with Gasteiger partial charge < -0.3 is 10.3 Å². The summed E-state index contributed by atoms with van der Waals surface area (Å²) < 4.78 is 11.5. The molecular formula is C9H13NOS. The lowest BCUT2D eigenvalue weighted by Gasteiger charge is -2.13. The average Bonchev–Trinajstić information content (AvgIpc) is 2.04. The fraction of sp³-hybridized carbons (Fsp3) is 0.333. The first-order chi connectivity index (χ1) is 5.61. The van der Waals surface area contributed by atoms with Crippen LogP contribution in [0.15, 0.2) is 29.2 Å². The van der Waals surface area contributed by atoms with E-state index in [-0.39, 0.29) is 5.25 Å². The topological polar surface area (TPSA) is 49.1 Å². The van der Waals surface area contributed by atoms with Crippen molar-refractivity contribution in [3.8, 4) is 0 Å². The Morgan fingerprint density at radius 3 is 2.17 bits per heavy atom. The monoisotopic (exact) mass is 183 g/mol. The van der Waals surface area contributed by atoms with E-state index >= 15 is 0 Å². The molecule has 0 saturated heterocycles. The molecular weight excluding hydrogens is 170 g/mol. The van der Waals surface area contributed by atoms with Crippen LogP contribution in [0, 0.1) is 0 Å². The van der Waals surface area contributed by atoms with Crippen LogP contribution >= 0.6 is 0 Å². The summed E-state index contributed by atoms with van der Waals surface area (Å²) in [6.07, 6.45) is 0. The highest BCUT2D eigenvalue weighted by molar-refractivity contribution is 7.92. The van der Waals surface area contributed by atoms with Crippen molar-refractivity contribution in [3.05, 3.63) is 24.3 Å². The summed E-state index contributed by atoms with van der Waals surface area (Å²) in [5.41, 5.74) is 6.21. The standard InChI is InChI=1S/C9H13NOS/c1-7(2)12(11)9-5-3-8(10)4-6-9/h3-7H,10H2,1-2H3. The van der Waals surface area contributed by atoms with Gasteiger partial charge >= 0.3 is 0 Å². The lowest BCUT2D eigenvalue weighted by Crippen LogP contribution is -2.13. The lowest BCUT2D eigenvalue weighted by atomic mass is 10.3. The number of nitrogens with two attached hydrogens (primary N) is 1. The Labute approximate surface area is 76.0 Å². The van der Waals surface area contributed by atoms with Gasteiger partial charge in [0.2, 0.25) is 0 Å². The Hall–Kier alpha value is -0.670. The van der Waals surface area contributed by atoms with E-state index in [9.17, 15) is 4.55 Å². The molecule has 1 rings (SSSR count). The summed E-state index contributed by atoms with van der Waals surface area (Å²) >= 11 is -0.899. The van der Waals surface area contributed by atoms with Crippen molar-refractivity contribution in [2.75, 3.05) is 5.73 Å². The Morgan fingerprint density at radius 2 is 1.75 bits per heavy atom. The van der Waals surface area contributed by atoms with Gasteiger partial charge in [0.1, 0.15) is 5.25 Å². The molecule has 1 unspecified atom stereocenters. The number of benzene rings is 1. The molecule has 1 atom stereocenters. The van der Waals surface area contributed by atoms with Crippen LogP contribution in [-0.4, -0.2) is 9.80 Å². The molecule has 3 heteroatoms. The van der Waals surface area contributed by atoms with Gasteiger partial charge in [-0.15, -0.1) is 0 Å². The minimum atomic E-state index is -0.899. The van der Waals surface area contributed by atoms with E-state index in [2.05, 4.69) is 0 Å². The van der Waals surface area contributed by atoms with E-state index in [4.69, 9.17) is 5.73 Å². The van der Waals surface area contributed by atoms with Crippen molar-refractivity contribution in [1.29, 1.82) is 0 Å². The third-order valence-electron chi connectivity index (χ3n) is 1.54. The third kappa shape index (κ3) is 2.16. The van der Waals surface area contributed by atoms with Gasteiger partial charge in [-0.1, -0.05) is 0 Å². The molecule has 1 aromatic rings. The molecule has 0 aromatic heterocycles. The predicted octanol–water partition coefficient (Wildman–Crippen LogP) is 1.78. The van der Waals surface area contributed by atoms with Crippen molar-refractivity contribution in [2.45, 2.75) is 24.0 Å². The van der Waals surface area contributed by atoms with Crippen molar-refractivity contribution < 1.29 is 4.55 Å². The Balaban J connectivity index is 2.82. The maximum absolute atomic E-state index is 11.5. The van der Waals surface area contributed by atoms with Gasteiger partial charge in [-0.25, -0.2) is 0 Å². The van der Waals surface area contributed by atoms with E-state index in [1.807, 2.05) is 26.0 Å². The number of nitrogen functional groups attached to an aromatic ring is 1. The highest BCUT2D eigenvalue weighted by atomic mass is 32.2. The number of hydrogen-bond acceptors (Lipinski definition) is 2. The van der Waals surface area contributed by atoms with Crippen LogP contribution < -0.4 is 5.73 Å². The minimum Gasteiger partial charge on any atom is -0.611 e. The third-order valence-corrected chi connectivity index (χ3v) is 3.13. The summed E-state index contributed by atoms with van der Waals surface area (Å²) in [5.74, 6) is 0. The molecule has 0 bridgehead atoms. The van der Waals surface area contributed by atoms with Gasteiger partial charge in [-0.05, 0) is 49.3 Å². The van der Waals surface area contributed by atoms with Crippen molar-refractivity contribution in [1.82, 2.24) is 0 Å². The molecule has 0 radical (unpaired) electrons. The van der Waals surface area contributed by atoms with Crippen molar-refractivity contribution in [3.63, 3.8) is 0 Å². The smallest absolute Gasteiger partial charge is 0.153 e. The number of anilines is 1. The molecule has 0 spiro atoms. The number of rotatable bonds is 2. The number of hydrogen-bond donors (Lipinski definition) is 1. The van der Waals surface area contributed by atoms with Crippen LogP contribution in [-0.2, 0) is 11.2 Å². The van der Waals surface area contributed by atoms with Crippen molar-refractivity contribution in [2.24, 2.45) is 0 Å². The molecule has 2 N–H and O–H groups in total. The molecule has 0 amide bonds. The first-order valence-corrected chi connectivity index (χ1v) is 5.08. The van der Waals surface area contributed by atoms with Crippen LogP contribution in [0.5, 0.6) is 0 Å².